The molecule has 1 atom stereocenters. The van der Waals surface area contributed by atoms with E-state index >= 15 is 0 Å². The summed E-state index contributed by atoms with van der Waals surface area (Å²) in [6, 6.07) is 6.65. The first-order chi connectivity index (χ1) is 7.66. The second-order valence-electron chi connectivity index (χ2n) is 4.30. The van der Waals surface area contributed by atoms with Gasteiger partial charge in [0, 0.05) is 28.6 Å². The van der Waals surface area contributed by atoms with Gasteiger partial charge < -0.3 is 5.32 Å². The van der Waals surface area contributed by atoms with E-state index in [-0.39, 0.29) is 12.4 Å². The molecule has 17 heavy (non-hydrogen) atoms. The molecule has 2 rings (SSSR count). The van der Waals surface area contributed by atoms with Gasteiger partial charge in [0.2, 0.25) is 0 Å². The van der Waals surface area contributed by atoms with Crippen LogP contribution in [0, 0.1) is 0 Å². The van der Waals surface area contributed by atoms with Crippen LogP contribution in [0.5, 0.6) is 0 Å². The molecule has 0 radical (unpaired) electrons. The van der Waals surface area contributed by atoms with E-state index in [2.05, 4.69) is 39.3 Å². The van der Waals surface area contributed by atoms with Gasteiger partial charge in [-0.15, -0.1) is 12.4 Å². The van der Waals surface area contributed by atoms with Crippen molar-refractivity contribution in [2.75, 3.05) is 20.1 Å². The monoisotopic (exact) mass is 338 g/mol. The number of hydrogen-bond donors (Lipinski definition) is 1. The first-order valence-corrected chi connectivity index (χ1v) is 6.69. The first kappa shape index (κ1) is 15.3. The van der Waals surface area contributed by atoms with Crippen LogP contribution in [0.4, 0.5) is 0 Å². The Morgan fingerprint density at radius 1 is 1.53 bits per heavy atom. The Balaban J connectivity index is 0.00000144. The van der Waals surface area contributed by atoms with E-state index in [9.17, 15) is 0 Å². The maximum atomic E-state index is 6.18. The van der Waals surface area contributed by atoms with E-state index in [1.807, 2.05) is 12.1 Å². The molecule has 1 aliphatic heterocycles. The zero-order valence-corrected chi connectivity index (χ0v) is 12.9. The Kier molecular flexibility index (Phi) is 6.24. The average Bonchev–Trinajstić information content (AvgIpc) is 2.76. The first-order valence-electron chi connectivity index (χ1n) is 5.51. The predicted octanol–water partition coefficient (Wildman–Crippen LogP) is 3.32. The van der Waals surface area contributed by atoms with Gasteiger partial charge >= 0.3 is 0 Å². The minimum Gasteiger partial charge on any atom is -0.315 e. The number of nitrogens with zero attached hydrogens (tertiary/aromatic N) is 1. The molecule has 0 aromatic heterocycles. The summed E-state index contributed by atoms with van der Waals surface area (Å²) in [5, 5.41) is 4.23. The van der Waals surface area contributed by atoms with Crippen LogP contribution in [0.15, 0.2) is 22.7 Å². The summed E-state index contributed by atoms with van der Waals surface area (Å²) >= 11 is 9.66. The maximum Gasteiger partial charge on any atom is 0.0451 e. The third-order valence-corrected chi connectivity index (χ3v) is 3.95. The quantitative estimate of drug-likeness (QED) is 0.908. The summed E-state index contributed by atoms with van der Waals surface area (Å²) < 4.78 is 1.09. The fraction of sp³-hybridized carbons (Fsp3) is 0.500. The molecule has 0 aliphatic carbocycles. The molecule has 96 valence electrons. The van der Waals surface area contributed by atoms with Crippen molar-refractivity contribution in [2.45, 2.75) is 19.0 Å². The van der Waals surface area contributed by atoms with Gasteiger partial charge in [0.25, 0.3) is 0 Å². The topological polar surface area (TPSA) is 15.3 Å². The fourth-order valence-corrected chi connectivity index (χ4v) is 2.66. The van der Waals surface area contributed by atoms with Crippen LogP contribution >= 0.6 is 39.9 Å². The summed E-state index contributed by atoms with van der Waals surface area (Å²) in [6.07, 6.45) is 1.22. The molecule has 0 saturated carbocycles. The number of rotatable bonds is 3. The van der Waals surface area contributed by atoms with E-state index in [1.165, 1.54) is 12.0 Å². The molecule has 1 aliphatic rings. The van der Waals surface area contributed by atoms with Gasteiger partial charge in [-0.25, -0.2) is 0 Å². The minimum absolute atomic E-state index is 0. The Labute approximate surface area is 122 Å². The normalized spacial score (nSPS) is 19.4. The predicted molar refractivity (Wildman–Crippen MR) is 79.1 cm³/mol. The highest BCUT2D eigenvalue weighted by Gasteiger charge is 2.19. The summed E-state index contributed by atoms with van der Waals surface area (Å²) in [4.78, 5) is 2.37. The summed E-state index contributed by atoms with van der Waals surface area (Å²) in [5.74, 6) is 0. The van der Waals surface area contributed by atoms with Gasteiger partial charge in [0.1, 0.15) is 0 Å². The van der Waals surface area contributed by atoms with Crippen molar-refractivity contribution in [3.05, 3.63) is 33.3 Å². The van der Waals surface area contributed by atoms with E-state index < -0.39 is 0 Å². The van der Waals surface area contributed by atoms with Gasteiger partial charge in [0.15, 0.2) is 0 Å². The highest BCUT2D eigenvalue weighted by Crippen LogP contribution is 2.23. The van der Waals surface area contributed by atoms with Crippen molar-refractivity contribution in [3.8, 4) is 0 Å². The van der Waals surface area contributed by atoms with Crippen molar-refractivity contribution < 1.29 is 0 Å². The Morgan fingerprint density at radius 2 is 2.29 bits per heavy atom. The zero-order valence-electron chi connectivity index (χ0n) is 9.75. The molecule has 1 N–H and O–H groups in total. The van der Waals surface area contributed by atoms with E-state index in [0.717, 1.165) is 29.1 Å². The number of hydrogen-bond acceptors (Lipinski definition) is 2. The summed E-state index contributed by atoms with van der Waals surface area (Å²) in [5.41, 5.74) is 1.19. The van der Waals surface area contributed by atoms with Crippen LogP contribution in [0.3, 0.4) is 0 Å². The zero-order chi connectivity index (χ0) is 11.5. The molecule has 2 nitrogen and oxygen atoms in total. The molecule has 0 amide bonds. The Morgan fingerprint density at radius 3 is 2.94 bits per heavy atom. The molecular formula is C12H17BrCl2N2. The second kappa shape index (κ2) is 6.95. The fourth-order valence-electron chi connectivity index (χ4n) is 2.08. The highest BCUT2D eigenvalue weighted by atomic mass is 79.9. The van der Waals surface area contributed by atoms with Crippen LogP contribution in [0.2, 0.25) is 5.02 Å². The molecule has 0 spiro atoms. The molecule has 1 aromatic rings. The summed E-state index contributed by atoms with van der Waals surface area (Å²) in [6.45, 7) is 3.12. The van der Waals surface area contributed by atoms with Gasteiger partial charge in [-0.1, -0.05) is 27.5 Å². The lowest BCUT2D eigenvalue weighted by molar-refractivity contribution is 0.249. The molecular weight excluding hydrogens is 323 g/mol. The largest absolute Gasteiger partial charge is 0.315 e. The molecule has 0 bridgehead atoms. The van der Waals surface area contributed by atoms with Crippen molar-refractivity contribution in [1.29, 1.82) is 0 Å². The number of benzene rings is 1. The Bertz CT molecular complexity index is 368. The maximum absolute atomic E-state index is 6.18. The van der Waals surface area contributed by atoms with Crippen LogP contribution < -0.4 is 5.32 Å². The summed E-state index contributed by atoms with van der Waals surface area (Å²) in [7, 11) is 2.16. The second-order valence-corrected chi connectivity index (χ2v) is 5.62. The SMILES string of the molecule is CN(Cc1cc(Br)ccc1Cl)C1CCNC1.Cl. The van der Waals surface area contributed by atoms with Gasteiger partial charge in [-0.05, 0) is 43.8 Å². The average molecular weight is 340 g/mol. The van der Waals surface area contributed by atoms with Crippen LogP contribution in [0.1, 0.15) is 12.0 Å². The van der Waals surface area contributed by atoms with E-state index in [0.29, 0.717) is 6.04 Å². The molecule has 1 aromatic carbocycles. The van der Waals surface area contributed by atoms with Crippen molar-refractivity contribution in [3.63, 3.8) is 0 Å². The van der Waals surface area contributed by atoms with Crippen molar-refractivity contribution >= 4 is 39.9 Å². The van der Waals surface area contributed by atoms with Crippen molar-refractivity contribution in [1.82, 2.24) is 10.2 Å². The molecule has 1 unspecified atom stereocenters. The number of likely N-dealkylation sites (N-methyl/N-ethyl adjacent to an activating group) is 1. The Hall–Kier alpha value is 0.200. The molecule has 5 heteroatoms. The van der Waals surface area contributed by atoms with Crippen LogP contribution in [-0.4, -0.2) is 31.1 Å². The third kappa shape index (κ3) is 4.11. The third-order valence-electron chi connectivity index (χ3n) is 3.09. The van der Waals surface area contributed by atoms with Crippen LogP contribution in [0.25, 0.3) is 0 Å². The van der Waals surface area contributed by atoms with Gasteiger partial charge in [-0.3, -0.25) is 4.90 Å². The van der Waals surface area contributed by atoms with E-state index in [1.54, 1.807) is 0 Å². The smallest absolute Gasteiger partial charge is 0.0451 e. The standard InChI is InChI=1S/C12H16BrClN2.ClH/c1-16(11-4-5-15-7-11)8-9-6-10(13)2-3-12(9)14;/h2-3,6,11,15H,4-5,7-8H2,1H3;1H. The lowest BCUT2D eigenvalue weighted by atomic mass is 10.1. The van der Waals surface area contributed by atoms with E-state index in [4.69, 9.17) is 11.6 Å². The number of halogens is 3. The lowest BCUT2D eigenvalue weighted by Gasteiger charge is -2.24. The van der Waals surface area contributed by atoms with Crippen LogP contribution in [-0.2, 0) is 6.54 Å². The molecule has 1 heterocycles. The molecule has 1 saturated heterocycles. The van der Waals surface area contributed by atoms with Gasteiger partial charge in [0.05, 0.1) is 0 Å². The number of nitrogens with one attached hydrogen (secondary N) is 1. The van der Waals surface area contributed by atoms with Gasteiger partial charge in [-0.2, -0.15) is 0 Å². The van der Waals surface area contributed by atoms with Crippen molar-refractivity contribution in [2.24, 2.45) is 0 Å². The highest BCUT2D eigenvalue weighted by molar-refractivity contribution is 9.10. The molecule has 1 fully saturated rings. The lowest BCUT2D eigenvalue weighted by Crippen LogP contribution is -2.32. The minimum atomic E-state index is 0.